The van der Waals surface area contributed by atoms with Crippen molar-refractivity contribution in [3.8, 4) is 0 Å². The molecule has 0 amide bonds. The second-order valence-electron chi connectivity index (χ2n) is 4.25. The van der Waals surface area contributed by atoms with Crippen molar-refractivity contribution in [3.05, 3.63) is 12.2 Å². The van der Waals surface area contributed by atoms with Gasteiger partial charge in [-0.15, -0.1) is 10.2 Å². The standard InChI is InChI=1S/C10H19N5/c1-14(9-3-5-11-6-4-9)7-10-13-12-8-15(10)2/h8-9,11H,3-7H2,1-2H3. The maximum absolute atomic E-state index is 4.11. The van der Waals surface area contributed by atoms with E-state index in [1.807, 2.05) is 11.6 Å². The smallest absolute Gasteiger partial charge is 0.146 e. The normalized spacial score (nSPS) is 18.6. The van der Waals surface area contributed by atoms with E-state index in [-0.39, 0.29) is 0 Å². The van der Waals surface area contributed by atoms with Crippen LogP contribution in [0.5, 0.6) is 0 Å². The van der Waals surface area contributed by atoms with Crippen LogP contribution in [-0.2, 0) is 13.6 Å². The van der Waals surface area contributed by atoms with Crippen LogP contribution in [0.25, 0.3) is 0 Å². The maximum atomic E-state index is 4.11. The Bertz CT molecular complexity index is 303. The van der Waals surface area contributed by atoms with Gasteiger partial charge in [-0.25, -0.2) is 0 Å². The van der Waals surface area contributed by atoms with Gasteiger partial charge in [0, 0.05) is 13.1 Å². The molecular weight excluding hydrogens is 190 g/mol. The molecule has 5 nitrogen and oxygen atoms in total. The minimum atomic E-state index is 0.683. The van der Waals surface area contributed by atoms with Gasteiger partial charge >= 0.3 is 0 Å². The summed E-state index contributed by atoms with van der Waals surface area (Å²) in [5.74, 6) is 1.04. The summed E-state index contributed by atoms with van der Waals surface area (Å²) in [6, 6.07) is 0.683. The van der Waals surface area contributed by atoms with Crippen molar-refractivity contribution in [2.24, 2.45) is 7.05 Å². The number of rotatable bonds is 3. The molecule has 1 saturated heterocycles. The van der Waals surface area contributed by atoms with E-state index >= 15 is 0 Å². The highest BCUT2D eigenvalue weighted by Gasteiger charge is 2.18. The fourth-order valence-electron chi connectivity index (χ4n) is 2.05. The Labute approximate surface area is 90.5 Å². The van der Waals surface area contributed by atoms with Crippen molar-refractivity contribution in [1.82, 2.24) is 25.0 Å². The first-order valence-corrected chi connectivity index (χ1v) is 5.51. The Morgan fingerprint density at radius 3 is 2.87 bits per heavy atom. The van der Waals surface area contributed by atoms with E-state index in [2.05, 4.69) is 27.5 Å². The van der Waals surface area contributed by atoms with Crippen LogP contribution in [0, 0.1) is 0 Å². The predicted octanol–water partition coefficient (Wildman–Crippen LogP) is -0.00110. The Balaban J connectivity index is 1.91. The van der Waals surface area contributed by atoms with Crippen molar-refractivity contribution in [2.75, 3.05) is 20.1 Å². The first-order valence-electron chi connectivity index (χ1n) is 5.51. The van der Waals surface area contributed by atoms with Crippen LogP contribution in [-0.4, -0.2) is 45.8 Å². The highest BCUT2D eigenvalue weighted by atomic mass is 15.3. The van der Waals surface area contributed by atoms with Crippen LogP contribution >= 0.6 is 0 Å². The Morgan fingerprint density at radius 1 is 1.53 bits per heavy atom. The maximum Gasteiger partial charge on any atom is 0.146 e. The molecule has 2 heterocycles. The lowest BCUT2D eigenvalue weighted by atomic mass is 10.1. The molecule has 0 radical (unpaired) electrons. The summed E-state index contributed by atoms with van der Waals surface area (Å²) in [5, 5.41) is 11.4. The summed E-state index contributed by atoms with van der Waals surface area (Å²) in [5.41, 5.74) is 0. The Morgan fingerprint density at radius 2 is 2.27 bits per heavy atom. The van der Waals surface area contributed by atoms with E-state index in [1.54, 1.807) is 6.33 Å². The number of hydrogen-bond acceptors (Lipinski definition) is 4. The fourth-order valence-corrected chi connectivity index (χ4v) is 2.05. The quantitative estimate of drug-likeness (QED) is 0.761. The summed E-state index contributed by atoms with van der Waals surface area (Å²) in [7, 11) is 4.16. The van der Waals surface area contributed by atoms with E-state index in [0.717, 1.165) is 25.5 Å². The van der Waals surface area contributed by atoms with E-state index in [1.165, 1.54) is 12.8 Å². The van der Waals surface area contributed by atoms with Crippen LogP contribution in [0.2, 0.25) is 0 Å². The summed E-state index contributed by atoms with van der Waals surface area (Å²) in [6.07, 6.45) is 4.22. The van der Waals surface area contributed by atoms with Gasteiger partial charge in [0.1, 0.15) is 12.2 Å². The molecule has 0 aliphatic carbocycles. The zero-order chi connectivity index (χ0) is 10.7. The minimum absolute atomic E-state index is 0.683. The third-order valence-electron chi connectivity index (χ3n) is 3.13. The van der Waals surface area contributed by atoms with E-state index < -0.39 is 0 Å². The Hall–Kier alpha value is -0.940. The summed E-state index contributed by atoms with van der Waals surface area (Å²) in [6.45, 7) is 3.16. The fraction of sp³-hybridized carbons (Fsp3) is 0.800. The topological polar surface area (TPSA) is 46.0 Å². The molecule has 2 rings (SSSR count). The lowest BCUT2D eigenvalue weighted by Gasteiger charge is -2.31. The molecule has 1 aliphatic heterocycles. The number of aromatic nitrogens is 3. The van der Waals surface area contributed by atoms with Crippen LogP contribution in [0.3, 0.4) is 0 Å². The molecule has 1 aliphatic rings. The minimum Gasteiger partial charge on any atom is -0.320 e. The lowest BCUT2D eigenvalue weighted by Crippen LogP contribution is -2.41. The number of nitrogens with zero attached hydrogens (tertiary/aromatic N) is 4. The molecule has 1 fully saturated rings. The van der Waals surface area contributed by atoms with Crippen LogP contribution in [0.4, 0.5) is 0 Å². The van der Waals surface area contributed by atoms with Gasteiger partial charge in [-0.3, -0.25) is 4.90 Å². The number of aryl methyl sites for hydroxylation is 1. The molecule has 1 aromatic heterocycles. The van der Waals surface area contributed by atoms with Crippen LogP contribution in [0.15, 0.2) is 6.33 Å². The van der Waals surface area contributed by atoms with Crippen molar-refractivity contribution in [2.45, 2.75) is 25.4 Å². The molecule has 84 valence electrons. The molecule has 1 N–H and O–H groups in total. The molecule has 0 atom stereocenters. The third kappa shape index (κ3) is 2.54. The number of piperidine rings is 1. The van der Waals surface area contributed by atoms with E-state index in [0.29, 0.717) is 6.04 Å². The van der Waals surface area contributed by atoms with Gasteiger partial charge in [0.05, 0.1) is 6.54 Å². The molecule has 0 bridgehead atoms. The molecule has 15 heavy (non-hydrogen) atoms. The van der Waals surface area contributed by atoms with Gasteiger partial charge in [0.2, 0.25) is 0 Å². The van der Waals surface area contributed by atoms with Crippen LogP contribution < -0.4 is 5.32 Å². The molecule has 0 aromatic carbocycles. The second-order valence-corrected chi connectivity index (χ2v) is 4.25. The third-order valence-corrected chi connectivity index (χ3v) is 3.13. The van der Waals surface area contributed by atoms with E-state index in [4.69, 9.17) is 0 Å². The van der Waals surface area contributed by atoms with E-state index in [9.17, 15) is 0 Å². The zero-order valence-corrected chi connectivity index (χ0v) is 9.48. The SMILES string of the molecule is CN(Cc1nncn1C)C1CCNCC1. The molecular formula is C10H19N5. The number of hydrogen-bond donors (Lipinski definition) is 1. The monoisotopic (exact) mass is 209 g/mol. The van der Waals surface area contributed by atoms with Gasteiger partial charge in [-0.05, 0) is 33.0 Å². The predicted molar refractivity (Wildman–Crippen MR) is 58.4 cm³/mol. The van der Waals surface area contributed by atoms with Crippen molar-refractivity contribution >= 4 is 0 Å². The first kappa shape index (κ1) is 10.6. The highest BCUT2D eigenvalue weighted by Crippen LogP contribution is 2.11. The molecule has 0 saturated carbocycles. The largest absolute Gasteiger partial charge is 0.320 e. The lowest BCUT2D eigenvalue weighted by molar-refractivity contribution is 0.186. The molecule has 5 heteroatoms. The highest BCUT2D eigenvalue weighted by molar-refractivity contribution is 4.86. The van der Waals surface area contributed by atoms with Gasteiger partial charge in [0.25, 0.3) is 0 Å². The van der Waals surface area contributed by atoms with Crippen molar-refractivity contribution in [3.63, 3.8) is 0 Å². The Kier molecular flexibility index (Phi) is 3.33. The average molecular weight is 209 g/mol. The van der Waals surface area contributed by atoms with Crippen LogP contribution in [0.1, 0.15) is 18.7 Å². The molecule has 0 spiro atoms. The summed E-state index contributed by atoms with van der Waals surface area (Å²) in [4.78, 5) is 2.38. The summed E-state index contributed by atoms with van der Waals surface area (Å²) < 4.78 is 1.98. The van der Waals surface area contributed by atoms with Crippen molar-refractivity contribution < 1.29 is 0 Å². The molecule has 1 aromatic rings. The average Bonchev–Trinajstić information content (AvgIpc) is 2.66. The first-order chi connectivity index (χ1) is 7.27. The summed E-state index contributed by atoms with van der Waals surface area (Å²) >= 11 is 0. The van der Waals surface area contributed by atoms with Gasteiger partial charge < -0.3 is 9.88 Å². The van der Waals surface area contributed by atoms with Gasteiger partial charge in [-0.1, -0.05) is 0 Å². The van der Waals surface area contributed by atoms with Gasteiger partial charge in [-0.2, -0.15) is 0 Å². The van der Waals surface area contributed by atoms with Gasteiger partial charge in [0.15, 0.2) is 0 Å². The zero-order valence-electron chi connectivity index (χ0n) is 9.48. The van der Waals surface area contributed by atoms with Crippen molar-refractivity contribution in [1.29, 1.82) is 0 Å². The number of nitrogens with one attached hydrogen (secondary N) is 1. The second kappa shape index (κ2) is 4.72. The molecule has 0 unspecified atom stereocenters.